The summed E-state index contributed by atoms with van der Waals surface area (Å²) in [6, 6.07) is 38.0. The monoisotopic (exact) mass is 712 g/mol. The van der Waals surface area contributed by atoms with Crippen LogP contribution in [0, 0.1) is 13.8 Å². The van der Waals surface area contributed by atoms with Crippen LogP contribution in [0.5, 0.6) is 0 Å². The maximum Gasteiger partial charge on any atom is 0.0349 e. The number of rotatable bonds is 12. The Bertz CT molecular complexity index is 2240. The van der Waals surface area contributed by atoms with E-state index in [1.807, 2.05) is 28.7 Å². The van der Waals surface area contributed by atoms with Crippen molar-refractivity contribution in [2.45, 2.75) is 52.4 Å². The molecule has 1 aliphatic carbocycles. The second-order valence-electron chi connectivity index (χ2n) is 13.2. The maximum absolute atomic E-state index is 4.13. The number of hydrogen-bond donors (Lipinski definition) is 0. The van der Waals surface area contributed by atoms with Crippen LogP contribution >= 0.6 is 22.7 Å². The van der Waals surface area contributed by atoms with Gasteiger partial charge in [0.15, 0.2) is 0 Å². The van der Waals surface area contributed by atoms with Crippen LogP contribution in [-0.2, 0) is 12.8 Å². The lowest BCUT2D eigenvalue weighted by Crippen LogP contribution is -2.01. The average Bonchev–Trinajstić information content (AvgIpc) is 3.86. The Morgan fingerprint density at radius 2 is 1.54 bits per heavy atom. The fraction of sp³-hybridized carbons (Fsp3) is 0.160. The predicted molar refractivity (Wildman–Crippen MR) is 233 cm³/mol. The van der Waals surface area contributed by atoms with Crippen molar-refractivity contribution in [3.05, 3.63) is 213 Å². The van der Waals surface area contributed by atoms with E-state index in [2.05, 4.69) is 191 Å². The zero-order chi connectivity index (χ0) is 36.1. The van der Waals surface area contributed by atoms with Crippen LogP contribution < -0.4 is 0 Å². The molecular formula is C50H48S2. The lowest BCUT2D eigenvalue weighted by atomic mass is 9.85. The topological polar surface area (TPSA) is 0 Å². The zero-order valence-corrected chi connectivity index (χ0v) is 32.2. The number of hydrogen-bond acceptors (Lipinski definition) is 2. The minimum absolute atomic E-state index is 0.269. The van der Waals surface area contributed by atoms with E-state index in [0.29, 0.717) is 0 Å². The Balaban J connectivity index is 1.29. The van der Waals surface area contributed by atoms with E-state index in [-0.39, 0.29) is 5.92 Å². The third-order valence-corrected chi connectivity index (χ3v) is 11.7. The fourth-order valence-corrected chi connectivity index (χ4v) is 8.58. The fourth-order valence-electron chi connectivity index (χ4n) is 6.53. The van der Waals surface area contributed by atoms with Gasteiger partial charge in [-0.05, 0) is 96.0 Å². The molecule has 260 valence electrons. The lowest BCUT2D eigenvalue weighted by molar-refractivity contribution is 0.878. The van der Waals surface area contributed by atoms with Gasteiger partial charge in [0.05, 0.1) is 0 Å². The predicted octanol–water partition coefficient (Wildman–Crippen LogP) is 14.9. The van der Waals surface area contributed by atoms with Gasteiger partial charge in [0.2, 0.25) is 0 Å². The third kappa shape index (κ3) is 9.64. The molecule has 6 rings (SSSR count). The first kappa shape index (κ1) is 36.8. The number of benzene rings is 2. The highest BCUT2D eigenvalue weighted by Gasteiger charge is 2.18. The van der Waals surface area contributed by atoms with Crippen LogP contribution in [0.2, 0.25) is 0 Å². The van der Waals surface area contributed by atoms with Crippen molar-refractivity contribution >= 4 is 44.6 Å². The molecule has 52 heavy (non-hydrogen) atoms. The summed E-state index contributed by atoms with van der Waals surface area (Å²) in [6.07, 6.45) is 28.1. The van der Waals surface area contributed by atoms with Gasteiger partial charge in [0, 0.05) is 31.8 Å². The SMILES string of the molecule is C=C/C(=C\C=C/Cc1ccc(C)cccc(C2C=CC=C(c3ccc(-c4ccccc4)s3)C2)c2cc(C)ccc12)c1ccc(C/C=C\C=C/CC)s1. The summed E-state index contributed by atoms with van der Waals surface area (Å²) in [4.78, 5) is 5.27. The van der Waals surface area contributed by atoms with Crippen molar-refractivity contribution in [3.8, 4) is 10.4 Å². The van der Waals surface area contributed by atoms with Gasteiger partial charge in [0.1, 0.15) is 0 Å². The molecule has 0 N–H and O–H groups in total. The Morgan fingerprint density at radius 1 is 0.731 bits per heavy atom. The normalized spacial score (nSPS) is 14.8. The molecular weight excluding hydrogens is 665 g/mol. The highest BCUT2D eigenvalue weighted by atomic mass is 32.1. The Labute approximate surface area is 319 Å². The maximum atomic E-state index is 4.13. The first-order valence-corrected chi connectivity index (χ1v) is 20.0. The van der Waals surface area contributed by atoms with Crippen LogP contribution in [-0.4, -0.2) is 0 Å². The molecule has 2 heterocycles. The standard InChI is InChI=1S/C50H48S2/c1-5-7-8-9-13-25-44-30-32-48(51-44)39(6-2)19-14-15-20-40-29-27-37(3)18-16-26-45(47-35-38(4)28-31-46(40)47)42-23-17-24-43(36-42)50-34-33-49(52-50)41-21-11-10-12-22-41/h6-19,21-24,26-35,42H,2,5,20,25,36H2,1,3-4H3/b8-7-,13-9-,15-14-,18-16?,26-16?,29-27?,37-18?,37-27?,39-19+,40-29?,45-26?,46-40?,47-45?. The molecule has 0 saturated heterocycles. The highest BCUT2D eigenvalue weighted by molar-refractivity contribution is 7.16. The molecule has 0 radical (unpaired) electrons. The quantitative estimate of drug-likeness (QED) is 0.113. The number of thiophene rings is 2. The number of fused-ring (bicyclic) bond motifs is 1. The molecule has 1 unspecified atom stereocenters. The first-order chi connectivity index (χ1) is 25.5. The highest BCUT2D eigenvalue weighted by Crippen LogP contribution is 2.40. The van der Waals surface area contributed by atoms with Crippen LogP contribution in [0.4, 0.5) is 0 Å². The Hall–Kier alpha value is -5.02. The zero-order valence-electron chi connectivity index (χ0n) is 30.6. The summed E-state index contributed by atoms with van der Waals surface area (Å²) in [5.74, 6) is 0.269. The minimum Gasteiger partial charge on any atom is -0.140 e. The van der Waals surface area contributed by atoms with Gasteiger partial charge >= 0.3 is 0 Å². The summed E-state index contributed by atoms with van der Waals surface area (Å²) in [7, 11) is 0. The summed E-state index contributed by atoms with van der Waals surface area (Å²) in [5.41, 5.74) is 9.00. The molecule has 1 atom stereocenters. The van der Waals surface area contributed by atoms with E-state index < -0.39 is 0 Å². The van der Waals surface area contributed by atoms with Gasteiger partial charge < -0.3 is 0 Å². The van der Waals surface area contributed by atoms with Crippen LogP contribution in [0.3, 0.4) is 0 Å². The second kappa shape index (κ2) is 18.5. The smallest absolute Gasteiger partial charge is 0.0349 e. The van der Waals surface area contributed by atoms with Gasteiger partial charge in [-0.15, -0.1) is 22.7 Å². The molecule has 3 aromatic carbocycles. The number of aryl methyl sites for hydroxylation is 2. The average molecular weight is 713 g/mol. The molecule has 0 bridgehead atoms. The van der Waals surface area contributed by atoms with E-state index in [9.17, 15) is 0 Å². The van der Waals surface area contributed by atoms with E-state index >= 15 is 0 Å². The van der Waals surface area contributed by atoms with Crippen LogP contribution in [0.15, 0.2) is 177 Å². The van der Waals surface area contributed by atoms with Crippen molar-refractivity contribution in [1.29, 1.82) is 0 Å². The molecule has 2 heteroatoms. The van der Waals surface area contributed by atoms with E-state index in [1.54, 1.807) is 0 Å². The molecule has 0 fully saturated rings. The molecule has 1 aliphatic rings. The van der Waals surface area contributed by atoms with Crippen LogP contribution in [0.25, 0.3) is 32.4 Å². The van der Waals surface area contributed by atoms with Gasteiger partial charge in [-0.1, -0.05) is 170 Å². The molecule has 0 spiro atoms. The number of allylic oxidation sites excluding steroid dienone is 13. The third-order valence-electron chi connectivity index (χ3n) is 9.33. The molecule has 5 aromatic rings. The summed E-state index contributed by atoms with van der Waals surface area (Å²) in [6.45, 7) is 10.7. The van der Waals surface area contributed by atoms with Gasteiger partial charge in [-0.3, -0.25) is 0 Å². The summed E-state index contributed by atoms with van der Waals surface area (Å²) < 4.78 is 0. The Kier molecular flexibility index (Phi) is 13.1. The second-order valence-corrected chi connectivity index (χ2v) is 15.5. The van der Waals surface area contributed by atoms with E-state index in [1.165, 1.54) is 63.7 Å². The van der Waals surface area contributed by atoms with Gasteiger partial charge in [-0.25, -0.2) is 0 Å². The first-order valence-electron chi connectivity index (χ1n) is 18.3. The van der Waals surface area contributed by atoms with Crippen molar-refractivity contribution in [2.75, 3.05) is 0 Å². The molecule has 0 nitrogen and oxygen atoms in total. The Morgan fingerprint density at radius 3 is 2.38 bits per heavy atom. The largest absolute Gasteiger partial charge is 0.140 e. The van der Waals surface area contributed by atoms with Crippen LogP contribution in [0.1, 0.15) is 62.6 Å². The van der Waals surface area contributed by atoms with E-state index in [4.69, 9.17) is 0 Å². The molecule has 2 aromatic heterocycles. The summed E-state index contributed by atoms with van der Waals surface area (Å²) >= 11 is 3.73. The van der Waals surface area contributed by atoms with Gasteiger partial charge in [-0.2, -0.15) is 0 Å². The molecule has 0 saturated carbocycles. The van der Waals surface area contributed by atoms with Crippen molar-refractivity contribution < 1.29 is 0 Å². The summed E-state index contributed by atoms with van der Waals surface area (Å²) in [5, 5.41) is 2.61. The van der Waals surface area contributed by atoms with Crippen molar-refractivity contribution in [2.24, 2.45) is 0 Å². The van der Waals surface area contributed by atoms with Crippen molar-refractivity contribution in [3.63, 3.8) is 0 Å². The molecule has 0 aliphatic heterocycles. The lowest BCUT2D eigenvalue weighted by Gasteiger charge is -2.20. The minimum atomic E-state index is 0.269. The van der Waals surface area contributed by atoms with Crippen molar-refractivity contribution in [1.82, 2.24) is 0 Å². The molecule has 0 amide bonds. The van der Waals surface area contributed by atoms with Gasteiger partial charge in [0.25, 0.3) is 0 Å². The van der Waals surface area contributed by atoms with E-state index in [0.717, 1.165) is 31.3 Å².